The summed E-state index contributed by atoms with van der Waals surface area (Å²) in [5.74, 6) is 0.900. The van der Waals surface area contributed by atoms with Gasteiger partial charge in [0, 0.05) is 39.1 Å². The van der Waals surface area contributed by atoms with Crippen molar-refractivity contribution in [1.82, 2.24) is 20.2 Å². The highest BCUT2D eigenvalue weighted by Crippen LogP contribution is 2.19. The molecule has 0 saturated carbocycles. The quantitative estimate of drug-likeness (QED) is 0.236. The first-order valence-corrected chi connectivity index (χ1v) is 7.96. The van der Waals surface area contributed by atoms with Crippen molar-refractivity contribution in [3.05, 3.63) is 30.4 Å². The van der Waals surface area contributed by atoms with Crippen LogP contribution in [-0.2, 0) is 6.54 Å². The van der Waals surface area contributed by atoms with Crippen LogP contribution < -0.4 is 10.6 Å². The Morgan fingerprint density at radius 3 is 2.86 bits per heavy atom. The summed E-state index contributed by atoms with van der Waals surface area (Å²) in [5, 5.41) is 6.74. The number of aryl methyl sites for hydroxylation is 1. The van der Waals surface area contributed by atoms with Gasteiger partial charge in [-0.15, -0.1) is 24.0 Å². The molecule has 5 nitrogen and oxygen atoms in total. The normalized spacial score (nSPS) is 15.0. The molecule has 2 rings (SSSR count). The molecule has 0 unspecified atom stereocenters. The number of nitrogens with one attached hydrogen (secondary N) is 2. The summed E-state index contributed by atoms with van der Waals surface area (Å²) >= 11 is 0. The first-order valence-electron chi connectivity index (χ1n) is 7.96. The Morgan fingerprint density at radius 2 is 2.18 bits per heavy atom. The number of allylic oxidation sites excluding steroid dienone is 1. The second kappa shape index (κ2) is 11.5. The number of halogens is 1. The Bertz CT molecular complexity index is 453. The predicted octanol–water partition coefficient (Wildman–Crippen LogP) is 2.95. The molecule has 0 aliphatic heterocycles. The zero-order valence-corrected chi connectivity index (χ0v) is 15.8. The third kappa shape index (κ3) is 7.29. The van der Waals surface area contributed by atoms with Gasteiger partial charge < -0.3 is 15.2 Å². The fourth-order valence-corrected chi connectivity index (χ4v) is 2.58. The van der Waals surface area contributed by atoms with Crippen LogP contribution >= 0.6 is 24.0 Å². The van der Waals surface area contributed by atoms with Crippen LogP contribution in [0.3, 0.4) is 0 Å². The van der Waals surface area contributed by atoms with Gasteiger partial charge in [0.1, 0.15) is 0 Å². The number of aromatic nitrogens is 2. The molecule has 0 amide bonds. The van der Waals surface area contributed by atoms with Crippen molar-refractivity contribution in [2.45, 2.75) is 45.1 Å². The molecular weight excluding hydrogens is 389 g/mol. The SMILES string of the molecule is CN=C(NCCCn1ccnc1)NCCC1=CCCCC1.I. The minimum absolute atomic E-state index is 0. The standard InChI is InChI=1S/C16H27N5.HI/c1-17-16(19-9-5-12-21-13-11-18-14-21)20-10-8-15-6-3-2-4-7-15;/h6,11,13-14H,2-5,7-10,12H2,1H3,(H2,17,19,20);1H. The summed E-state index contributed by atoms with van der Waals surface area (Å²) in [6.07, 6.45) is 15.5. The highest BCUT2D eigenvalue weighted by molar-refractivity contribution is 14.0. The van der Waals surface area contributed by atoms with Crippen LogP contribution in [0, 0.1) is 0 Å². The number of hydrogen-bond acceptors (Lipinski definition) is 2. The number of imidazole rings is 1. The monoisotopic (exact) mass is 417 g/mol. The van der Waals surface area contributed by atoms with Crippen LogP contribution in [0.5, 0.6) is 0 Å². The molecule has 1 aromatic heterocycles. The van der Waals surface area contributed by atoms with E-state index in [1.165, 1.54) is 25.7 Å². The molecule has 0 aromatic carbocycles. The number of hydrogen-bond donors (Lipinski definition) is 2. The van der Waals surface area contributed by atoms with Crippen LogP contribution in [-0.4, -0.2) is 35.6 Å². The van der Waals surface area contributed by atoms with Gasteiger partial charge in [-0.2, -0.15) is 0 Å². The van der Waals surface area contributed by atoms with E-state index in [-0.39, 0.29) is 24.0 Å². The van der Waals surface area contributed by atoms with Gasteiger partial charge in [0.25, 0.3) is 0 Å². The van der Waals surface area contributed by atoms with Gasteiger partial charge >= 0.3 is 0 Å². The Kier molecular flexibility index (Phi) is 9.94. The molecule has 0 fully saturated rings. The highest BCUT2D eigenvalue weighted by atomic mass is 127. The molecule has 1 aromatic rings. The largest absolute Gasteiger partial charge is 0.356 e. The van der Waals surface area contributed by atoms with Gasteiger partial charge in [0.2, 0.25) is 0 Å². The Balaban J connectivity index is 0.00000242. The molecule has 1 aliphatic rings. The topological polar surface area (TPSA) is 54.2 Å². The fraction of sp³-hybridized carbons (Fsp3) is 0.625. The average Bonchev–Trinajstić information content (AvgIpc) is 3.04. The van der Waals surface area contributed by atoms with Gasteiger partial charge in [-0.3, -0.25) is 4.99 Å². The second-order valence-electron chi connectivity index (χ2n) is 5.44. The average molecular weight is 417 g/mol. The lowest BCUT2D eigenvalue weighted by Crippen LogP contribution is -2.38. The first-order chi connectivity index (χ1) is 10.4. The number of nitrogens with zero attached hydrogens (tertiary/aromatic N) is 3. The third-order valence-corrected chi connectivity index (χ3v) is 3.79. The van der Waals surface area contributed by atoms with E-state index in [2.05, 4.69) is 31.3 Å². The second-order valence-corrected chi connectivity index (χ2v) is 5.44. The van der Waals surface area contributed by atoms with E-state index < -0.39 is 0 Å². The van der Waals surface area contributed by atoms with Crippen molar-refractivity contribution in [2.75, 3.05) is 20.1 Å². The number of guanidine groups is 1. The first kappa shape index (κ1) is 19.0. The van der Waals surface area contributed by atoms with Crippen molar-refractivity contribution in [1.29, 1.82) is 0 Å². The highest BCUT2D eigenvalue weighted by Gasteiger charge is 2.03. The summed E-state index contributed by atoms with van der Waals surface area (Å²) in [6, 6.07) is 0. The lowest BCUT2D eigenvalue weighted by Gasteiger charge is -2.15. The van der Waals surface area contributed by atoms with Crippen LogP contribution in [0.15, 0.2) is 35.4 Å². The molecule has 1 heterocycles. The van der Waals surface area contributed by atoms with Gasteiger partial charge in [-0.25, -0.2) is 4.98 Å². The Morgan fingerprint density at radius 1 is 1.32 bits per heavy atom. The molecule has 1 aliphatic carbocycles. The van der Waals surface area contributed by atoms with Gasteiger partial charge in [-0.05, 0) is 38.5 Å². The van der Waals surface area contributed by atoms with Crippen molar-refractivity contribution in [2.24, 2.45) is 4.99 Å². The van der Waals surface area contributed by atoms with Gasteiger partial charge in [0.05, 0.1) is 6.33 Å². The molecule has 0 spiro atoms. The molecule has 0 saturated heterocycles. The molecule has 124 valence electrons. The van der Waals surface area contributed by atoms with Gasteiger partial charge in [-0.1, -0.05) is 11.6 Å². The molecule has 0 radical (unpaired) electrons. The van der Waals surface area contributed by atoms with E-state index in [1.807, 2.05) is 25.8 Å². The van der Waals surface area contributed by atoms with Gasteiger partial charge in [0.15, 0.2) is 5.96 Å². The van der Waals surface area contributed by atoms with Crippen LogP contribution in [0.2, 0.25) is 0 Å². The van der Waals surface area contributed by atoms with E-state index >= 15 is 0 Å². The number of aliphatic imine (C=N–C) groups is 1. The number of rotatable bonds is 7. The predicted molar refractivity (Wildman–Crippen MR) is 103 cm³/mol. The van der Waals surface area contributed by atoms with E-state index in [9.17, 15) is 0 Å². The van der Waals surface area contributed by atoms with E-state index in [4.69, 9.17) is 0 Å². The molecule has 6 heteroatoms. The molecule has 2 N–H and O–H groups in total. The van der Waals surface area contributed by atoms with Crippen molar-refractivity contribution in [3.8, 4) is 0 Å². The summed E-state index contributed by atoms with van der Waals surface area (Å²) in [6.45, 7) is 2.87. The van der Waals surface area contributed by atoms with E-state index in [0.29, 0.717) is 0 Å². The van der Waals surface area contributed by atoms with Crippen LogP contribution in [0.4, 0.5) is 0 Å². The van der Waals surface area contributed by atoms with E-state index in [0.717, 1.165) is 38.4 Å². The summed E-state index contributed by atoms with van der Waals surface area (Å²) in [5.41, 5.74) is 1.60. The zero-order chi connectivity index (χ0) is 14.8. The Hall–Kier alpha value is -1.05. The maximum absolute atomic E-state index is 4.26. The van der Waals surface area contributed by atoms with Crippen LogP contribution in [0.25, 0.3) is 0 Å². The van der Waals surface area contributed by atoms with Crippen molar-refractivity contribution in [3.63, 3.8) is 0 Å². The third-order valence-electron chi connectivity index (χ3n) is 3.79. The molecular formula is C16H28IN5. The summed E-state index contributed by atoms with van der Waals surface area (Å²) in [7, 11) is 1.82. The maximum Gasteiger partial charge on any atom is 0.190 e. The molecule has 22 heavy (non-hydrogen) atoms. The molecule has 0 bridgehead atoms. The van der Waals surface area contributed by atoms with Crippen molar-refractivity contribution >= 4 is 29.9 Å². The zero-order valence-electron chi connectivity index (χ0n) is 13.4. The minimum Gasteiger partial charge on any atom is -0.356 e. The fourth-order valence-electron chi connectivity index (χ4n) is 2.58. The maximum atomic E-state index is 4.26. The lowest BCUT2D eigenvalue weighted by molar-refractivity contribution is 0.622. The molecule has 0 atom stereocenters. The summed E-state index contributed by atoms with van der Waals surface area (Å²) in [4.78, 5) is 8.30. The van der Waals surface area contributed by atoms with Crippen molar-refractivity contribution < 1.29 is 0 Å². The summed E-state index contributed by atoms with van der Waals surface area (Å²) < 4.78 is 2.09. The lowest BCUT2D eigenvalue weighted by atomic mass is 9.97. The van der Waals surface area contributed by atoms with E-state index in [1.54, 1.807) is 5.57 Å². The minimum atomic E-state index is 0. The van der Waals surface area contributed by atoms with Crippen LogP contribution in [0.1, 0.15) is 38.5 Å². The Labute approximate surface area is 150 Å². The smallest absolute Gasteiger partial charge is 0.190 e.